The van der Waals surface area contributed by atoms with E-state index in [0.29, 0.717) is 17.0 Å². The number of ketones is 1. The first-order valence-corrected chi connectivity index (χ1v) is 11.0. The van der Waals surface area contributed by atoms with Gasteiger partial charge in [-0.15, -0.1) is 0 Å². The maximum absolute atomic E-state index is 13.4. The average Bonchev–Trinajstić information content (AvgIpc) is 3.29. The number of ether oxygens (including phenoxy) is 1. The van der Waals surface area contributed by atoms with Crippen LogP contribution in [0.3, 0.4) is 0 Å². The fourth-order valence-electron chi connectivity index (χ4n) is 4.51. The number of para-hydroxylation sites is 1. The fraction of sp³-hybridized carbons (Fsp3) is 0.111. The molecule has 0 aliphatic carbocycles. The highest BCUT2D eigenvalue weighted by Gasteiger charge is 2.43. The average molecular weight is 439 g/mol. The molecule has 0 radical (unpaired) electrons. The Morgan fingerprint density at radius 2 is 1.66 bits per heavy atom. The Bertz CT molecular complexity index is 1380. The molecule has 2 aliphatic rings. The fourth-order valence-corrected chi connectivity index (χ4v) is 4.63. The summed E-state index contributed by atoms with van der Waals surface area (Å²) in [5.41, 5.74) is 3.61. The molecule has 2 unspecified atom stereocenters. The molecule has 0 fully saturated rings. The van der Waals surface area contributed by atoms with Crippen LogP contribution in [0.5, 0.6) is 5.75 Å². The van der Waals surface area contributed by atoms with Crippen molar-refractivity contribution in [1.82, 2.24) is 5.01 Å². The molecule has 0 bridgehead atoms. The number of hydrazone groups is 1. The molecule has 2 heterocycles. The number of carbonyl (C=O) groups excluding carboxylic acids is 1. The normalized spacial score (nSPS) is 19.2. The number of nitrogens with zero attached hydrogens (tertiary/aromatic N) is 2. The van der Waals surface area contributed by atoms with Crippen LogP contribution >= 0.6 is 11.6 Å². The minimum Gasteiger partial charge on any atom is -0.461 e. The Labute approximate surface area is 190 Å². The Balaban J connectivity index is 1.42. The molecule has 5 heteroatoms. The largest absolute Gasteiger partial charge is 0.461 e. The number of hydrogen-bond acceptors (Lipinski definition) is 4. The third-order valence-electron chi connectivity index (χ3n) is 6.13. The van der Waals surface area contributed by atoms with E-state index < -0.39 is 6.23 Å². The van der Waals surface area contributed by atoms with E-state index in [9.17, 15) is 4.79 Å². The van der Waals surface area contributed by atoms with Gasteiger partial charge in [-0.2, -0.15) is 5.10 Å². The van der Waals surface area contributed by atoms with Gasteiger partial charge in [0.2, 0.25) is 5.78 Å². The highest BCUT2D eigenvalue weighted by molar-refractivity contribution is 6.30. The van der Waals surface area contributed by atoms with Crippen LogP contribution in [-0.4, -0.2) is 22.7 Å². The zero-order valence-electron chi connectivity index (χ0n) is 17.1. The highest BCUT2D eigenvalue weighted by atomic mass is 35.5. The zero-order valence-corrected chi connectivity index (χ0v) is 17.9. The second-order valence-corrected chi connectivity index (χ2v) is 8.52. The van der Waals surface area contributed by atoms with Gasteiger partial charge in [0.05, 0.1) is 11.8 Å². The Morgan fingerprint density at radius 1 is 0.906 bits per heavy atom. The third kappa shape index (κ3) is 3.15. The Hall–Kier alpha value is -3.63. The second kappa shape index (κ2) is 7.50. The van der Waals surface area contributed by atoms with Crippen molar-refractivity contribution >= 4 is 33.9 Å². The van der Waals surface area contributed by atoms with E-state index in [-0.39, 0.29) is 11.8 Å². The minimum absolute atomic E-state index is 0.0531. The van der Waals surface area contributed by atoms with Gasteiger partial charge in [0, 0.05) is 22.6 Å². The molecule has 32 heavy (non-hydrogen) atoms. The summed E-state index contributed by atoms with van der Waals surface area (Å²) in [6.07, 6.45) is -0.114. The van der Waals surface area contributed by atoms with Gasteiger partial charge in [0.1, 0.15) is 5.75 Å². The molecule has 4 aromatic rings. The molecule has 4 aromatic carbocycles. The van der Waals surface area contributed by atoms with Crippen molar-refractivity contribution in [2.75, 3.05) is 0 Å². The predicted octanol–water partition coefficient (Wildman–Crippen LogP) is 6.25. The van der Waals surface area contributed by atoms with E-state index in [1.807, 2.05) is 35.3 Å². The smallest absolute Gasteiger partial charge is 0.251 e. The molecule has 4 nitrogen and oxygen atoms in total. The molecule has 6 rings (SSSR count). The van der Waals surface area contributed by atoms with Crippen LogP contribution in [0.25, 0.3) is 10.8 Å². The van der Waals surface area contributed by atoms with Crippen LogP contribution in [0, 0.1) is 0 Å². The first kappa shape index (κ1) is 19.1. The van der Waals surface area contributed by atoms with E-state index in [4.69, 9.17) is 21.4 Å². The van der Waals surface area contributed by atoms with E-state index in [1.165, 1.54) is 10.8 Å². The van der Waals surface area contributed by atoms with Gasteiger partial charge in [-0.3, -0.25) is 4.79 Å². The zero-order chi connectivity index (χ0) is 21.7. The summed E-state index contributed by atoms with van der Waals surface area (Å²) in [5.74, 6) is 0.598. The van der Waals surface area contributed by atoms with Gasteiger partial charge < -0.3 is 4.74 Å². The van der Waals surface area contributed by atoms with Crippen molar-refractivity contribution < 1.29 is 9.53 Å². The van der Waals surface area contributed by atoms with E-state index in [0.717, 1.165) is 22.6 Å². The van der Waals surface area contributed by atoms with E-state index in [2.05, 4.69) is 36.4 Å². The summed E-state index contributed by atoms with van der Waals surface area (Å²) in [5, 5.41) is 9.68. The van der Waals surface area contributed by atoms with Crippen LogP contribution in [0.1, 0.15) is 33.9 Å². The van der Waals surface area contributed by atoms with Crippen molar-refractivity contribution in [2.24, 2.45) is 5.10 Å². The lowest BCUT2D eigenvalue weighted by molar-refractivity contribution is -0.00455. The van der Waals surface area contributed by atoms with Gasteiger partial charge in [-0.1, -0.05) is 66.2 Å². The van der Waals surface area contributed by atoms with Crippen LogP contribution in [0.15, 0.2) is 96.1 Å². The molecule has 2 aliphatic heterocycles. The summed E-state index contributed by atoms with van der Waals surface area (Å²) >= 11 is 6.01. The summed E-state index contributed by atoms with van der Waals surface area (Å²) in [6.45, 7) is 0. The van der Waals surface area contributed by atoms with Gasteiger partial charge in [-0.25, -0.2) is 5.01 Å². The molecule has 0 spiro atoms. The maximum Gasteiger partial charge on any atom is 0.251 e. The van der Waals surface area contributed by atoms with Crippen molar-refractivity contribution in [3.63, 3.8) is 0 Å². The molecule has 0 amide bonds. The molecule has 2 atom stereocenters. The first-order chi connectivity index (χ1) is 15.7. The van der Waals surface area contributed by atoms with Crippen LogP contribution in [0.4, 0.5) is 0 Å². The van der Waals surface area contributed by atoms with Crippen molar-refractivity contribution in [3.05, 3.63) is 113 Å². The highest BCUT2D eigenvalue weighted by Crippen LogP contribution is 2.43. The van der Waals surface area contributed by atoms with E-state index in [1.54, 1.807) is 24.3 Å². The van der Waals surface area contributed by atoms with Gasteiger partial charge in [-0.05, 0) is 52.7 Å². The van der Waals surface area contributed by atoms with Gasteiger partial charge in [0.25, 0.3) is 6.23 Å². The number of hydrogen-bond donors (Lipinski definition) is 0. The summed E-state index contributed by atoms with van der Waals surface area (Å²) in [6, 6.07) is 29.4. The lowest BCUT2D eigenvalue weighted by Crippen LogP contribution is -2.45. The number of halogens is 1. The quantitative estimate of drug-likeness (QED) is 0.355. The molecular weight excluding hydrogens is 420 g/mol. The molecule has 156 valence electrons. The van der Waals surface area contributed by atoms with Crippen molar-refractivity contribution in [3.8, 4) is 5.75 Å². The monoisotopic (exact) mass is 438 g/mol. The van der Waals surface area contributed by atoms with Gasteiger partial charge >= 0.3 is 0 Å². The molecular formula is C27H19ClN2O2. The summed E-state index contributed by atoms with van der Waals surface area (Å²) in [7, 11) is 0. The second-order valence-electron chi connectivity index (χ2n) is 8.09. The van der Waals surface area contributed by atoms with Crippen LogP contribution in [-0.2, 0) is 0 Å². The van der Waals surface area contributed by atoms with Crippen molar-refractivity contribution in [2.45, 2.75) is 18.7 Å². The van der Waals surface area contributed by atoms with Gasteiger partial charge in [0.15, 0.2) is 0 Å². The SMILES string of the molecule is O=C(c1ccc(Cl)cc1)C1Oc2ccccc2C2CC(c3ccc4ccccc4c3)=NN12. The summed E-state index contributed by atoms with van der Waals surface area (Å²) < 4.78 is 6.18. The first-order valence-electron chi connectivity index (χ1n) is 10.6. The topological polar surface area (TPSA) is 41.9 Å². The molecule has 0 aromatic heterocycles. The summed E-state index contributed by atoms with van der Waals surface area (Å²) in [4.78, 5) is 13.4. The number of rotatable bonds is 3. The molecule has 0 N–H and O–H groups in total. The Morgan fingerprint density at radius 3 is 2.50 bits per heavy atom. The molecule has 0 saturated heterocycles. The van der Waals surface area contributed by atoms with Crippen LogP contribution < -0.4 is 4.74 Å². The predicted molar refractivity (Wildman–Crippen MR) is 126 cm³/mol. The third-order valence-corrected chi connectivity index (χ3v) is 6.39. The maximum atomic E-state index is 13.4. The molecule has 0 saturated carbocycles. The standard InChI is InChI=1S/C27H19ClN2O2/c28-21-13-11-18(12-14-21)26(31)27-30-24(22-7-3-4-8-25(22)32-27)16-23(29-30)20-10-9-17-5-1-2-6-19(17)15-20/h1-15,24,27H,16H2. The van der Waals surface area contributed by atoms with E-state index >= 15 is 0 Å². The number of fused-ring (bicyclic) bond motifs is 4. The van der Waals surface area contributed by atoms with Crippen LogP contribution in [0.2, 0.25) is 5.02 Å². The van der Waals surface area contributed by atoms with Crippen molar-refractivity contribution in [1.29, 1.82) is 0 Å². The number of Topliss-reactive ketones (excluding diaryl/α,β-unsaturated/α-hetero) is 1. The Kier molecular flexibility index (Phi) is 4.47. The lowest BCUT2D eigenvalue weighted by Gasteiger charge is -2.37. The lowest BCUT2D eigenvalue weighted by atomic mass is 9.95. The number of benzene rings is 4. The minimum atomic E-state index is -0.825. The number of carbonyl (C=O) groups is 1.